The van der Waals surface area contributed by atoms with Crippen molar-refractivity contribution in [3.8, 4) is 5.75 Å². The van der Waals surface area contributed by atoms with Gasteiger partial charge >= 0.3 is 0 Å². The van der Waals surface area contributed by atoms with E-state index in [9.17, 15) is 0 Å². The highest BCUT2D eigenvalue weighted by Gasteiger charge is 2.17. The van der Waals surface area contributed by atoms with Crippen LogP contribution in [0.25, 0.3) is 0 Å². The highest BCUT2D eigenvalue weighted by Crippen LogP contribution is 2.30. The molecule has 1 N–H and O–H groups in total. The molecule has 1 heterocycles. The van der Waals surface area contributed by atoms with Gasteiger partial charge in [-0.1, -0.05) is 19.1 Å². The Morgan fingerprint density at radius 3 is 2.45 bits per heavy atom. The first-order valence-corrected chi connectivity index (χ1v) is 7.81. The van der Waals surface area contributed by atoms with Gasteiger partial charge in [0.2, 0.25) is 0 Å². The maximum absolute atomic E-state index is 5.63. The summed E-state index contributed by atoms with van der Waals surface area (Å²) in [5, 5.41) is 4.49. The number of hydrogen-bond acceptors (Lipinski definition) is 4. The molecule has 1 aromatic heterocycles. The van der Waals surface area contributed by atoms with Gasteiger partial charge in [-0.25, -0.2) is 4.98 Å². The lowest BCUT2D eigenvalue weighted by atomic mass is 10.0. The Bertz CT molecular complexity index is 548. The van der Waals surface area contributed by atoms with Gasteiger partial charge in [0.15, 0.2) is 0 Å². The number of thiazole rings is 1. The second kappa shape index (κ2) is 6.86. The minimum absolute atomic E-state index is 0.196. The van der Waals surface area contributed by atoms with Crippen LogP contribution in [0.2, 0.25) is 0 Å². The van der Waals surface area contributed by atoms with Crippen LogP contribution >= 0.6 is 11.3 Å². The van der Waals surface area contributed by atoms with E-state index in [0.717, 1.165) is 29.5 Å². The van der Waals surface area contributed by atoms with Crippen molar-refractivity contribution in [3.05, 3.63) is 45.4 Å². The van der Waals surface area contributed by atoms with E-state index < -0.39 is 0 Å². The van der Waals surface area contributed by atoms with Crippen molar-refractivity contribution in [1.29, 1.82) is 0 Å². The first-order valence-electron chi connectivity index (χ1n) is 6.99. The normalized spacial score (nSPS) is 12.4. The molecule has 0 amide bonds. The Balaban J connectivity index is 2.21. The molecule has 1 aromatic carbocycles. The summed E-state index contributed by atoms with van der Waals surface area (Å²) in [4.78, 5) is 5.80. The monoisotopic (exact) mass is 290 g/mol. The third-order valence-electron chi connectivity index (χ3n) is 3.18. The van der Waals surface area contributed by atoms with E-state index in [1.165, 1.54) is 10.4 Å². The number of nitrogens with one attached hydrogen (secondary N) is 1. The van der Waals surface area contributed by atoms with Crippen molar-refractivity contribution < 1.29 is 4.74 Å². The number of aryl methyl sites for hydroxylation is 2. The lowest BCUT2D eigenvalue weighted by molar-refractivity contribution is 0.317. The van der Waals surface area contributed by atoms with Gasteiger partial charge in [0, 0.05) is 4.88 Å². The molecule has 1 unspecified atom stereocenters. The zero-order valence-electron chi connectivity index (χ0n) is 12.6. The van der Waals surface area contributed by atoms with Crippen LogP contribution in [-0.4, -0.2) is 18.6 Å². The third-order valence-corrected chi connectivity index (χ3v) is 4.31. The zero-order valence-corrected chi connectivity index (χ0v) is 13.4. The molecule has 20 heavy (non-hydrogen) atoms. The number of benzene rings is 1. The largest absolute Gasteiger partial charge is 0.494 e. The summed E-state index contributed by atoms with van der Waals surface area (Å²) in [6.07, 6.45) is 1.03. The van der Waals surface area contributed by atoms with Crippen LogP contribution in [0.5, 0.6) is 5.75 Å². The molecule has 4 heteroatoms. The fourth-order valence-electron chi connectivity index (χ4n) is 2.24. The molecule has 0 bridgehead atoms. The van der Waals surface area contributed by atoms with Gasteiger partial charge in [-0.05, 0) is 45.0 Å². The molecule has 1 atom stereocenters. The van der Waals surface area contributed by atoms with Crippen LogP contribution in [0.15, 0.2) is 24.3 Å². The molecular weight excluding hydrogens is 268 g/mol. The van der Waals surface area contributed by atoms with Crippen LogP contribution in [0, 0.1) is 13.8 Å². The lowest BCUT2D eigenvalue weighted by Crippen LogP contribution is -2.17. The molecule has 0 fully saturated rings. The predicted molar refractivity (Wildman–Crippen MR) is 84.7 cm³/mol. The first-order chi connectivity index (χ1) is 9.65. The minimum atomic E-state index is 0.196. The Hall–Kier alpha value is -1.39. The average molecular weight is 290 g/mol. The number of rotatable bonds is 6. The van der Waals surface area contributed by atoms with E-state index in [2.05, 4.69) is 43.2 Å². The topological polar surface area (TPSA) is 34.1 Å². The minimum Gasteiger partial charge on any atom is -0.494 e. The van der Waals surface area contributed by atoms with Gasteiger partial charge in [0.1, 0.15) is 5.75 Å². The molecule has 0 aliphatic rings. The lowest BCUT2D eigenvalue weighted by Gasteiger charge is -2.16. The summed E-state index contributed by atoms with van der Waals surface area (Å²) in [7, 11) is 1.99. The Morgan fingerprint density at radius 2 is 1.95 bits per heavy atom. The first kappa shape index (κ1) is 15.0. The fraction of sp³-hybridized carbons (Fsp3) is 0.438. The molecule has 0 saturated carbocycles. The number of aromatic nitrogens is 1. The Morgan fingerprint density at radius 1 is 1.25 bits per heavy atom. The highest BCUT2D eigenvalue weighted by molar-refractivity contribution is 7.11. The molecule has 0 aliphatic carbocycles. The summed E-state index contributed by atoms with van der Waals surface area (Å²) in [6.45, 7) is 7.00. The second-order valence-electron chi connectivity index (χ2n) is 4.82. The molecule has 2 aromatic rings. The third kappa shape index (κ3) is 3.38. The molecule has 3 nitrogen and oxygen atoms in total. The molecule has 0 radical (unpaired) electrons. The SMILES string of the molecule is CCCOc1ccc(C(NC)c2sc(C)nc2C)cc1. The van der Waals surface area contributed by atoms with Gasteiger partial charge < -0.3 is 10.1 Å². The maximum Gasteiger partial charge on any atom is 0.119 e. The summed E-state index contributed by atoms with van der Waals surface area (Å²) in [5.74, 6) is 0.933. The molecule has 2 rings (SSSR count). The van der Waals surface area contributed by atoms with E-state index >= 15 is 0 Å². The quantitative estimate of drug-likeness (QED) is 0.877. The summed E-state index contributed by atoms with van der Waals surface area (Å²) >= 11 is 1.76. The maximum atomic E-state index is 5.63. The smallest absolute Gasteiger partial charge is 0.119 e. The molecule has 0 saturated heterocycles. The van der Waals surface area contributed by atoms with Crippen molar-refractivity contribution >= 4 is 11.3 Å². The van der Waals surface area contributed by atoms with Gasteiger partial charge in [-0.2, -0.15) is 0 Å². The zero-order chi connectivity index (χ0) is 14.5. The summed E-state index contributed by atoms with van der Waals surface area (Å²) in [6, 6.07) is 8.53. The van der Waals surface area contributed by atoms with E-state index in [4.69, 9.17) is 4.74 Å². The van der Waals surface area contributed by atoms with E-state index in [1.54, 1.807) is 11.3 Å². The van der Waals surface area contributed by atoms with Crippen molar-refractivity contribution in [3.63, 3.8) is 0 Å². The van der Waals surface area contributed by atoms with Gasteiger partial charge in [-0.15, -0.1) is 11.3 Å². The predicted octanol–water partition coefficient (Wildman–Crippen LogP) is 3.86. The molecular formula is C16H22N2OS. The number of ether oxygens (including phenoxy) is 1. The number of nitrogens with zero attached hydrogens (tertiary/aromatic N) is 1. The number of hydrogen-bond donors (Lipinski definition) is 1. The standard InChI is InChI=1S/C16H22N2OS/c1-5-10-19-14-8-6-13(7-9-14)15(17-4)16-11(2)18-12(3)20-16/h6-9,15,17H,5,10H2,1-4H3. The van der Waals surface area contributed by atoms with Crippen molar-refractivity contribution in [2.75, 3.05) is 13.7 Å². The highest BCUT2D eigenvalue weighted by atomic mass is 32.1. The molecule has 0 spiro atoms. The van der Waals surface area contributed by atoms with E-state index in [1.807, 2.05) is 19.2 Å². The molecule has 108 valence electrons. The van der Waals surface area contributed by atoms with E-state index in [-0.39, 0.29) is 6.04 Å². The van der Waals surface area contributed by atoms with Crippen molar-refractivity contribution in [2.45, 2.75) is 33.2 Å². The van der Waals surface area contributed by atoms with E-state index in [0.29, 0.717) is 0 Å². The Kier molecular flexibility index (Phi) is 5.15. The summed E-state index contributed by atoms with van der Waals surface area (Å²) in [5.41, 5.74) is 2.35. The molecule has 0 aliphatic heterocycles. The van der Waals surface area contributed by atoms with Crippen LogP contribution in [0.3, 0.4) is 0 Å². The van der Waals surface area contributed by atoms with Crippen LogP contribution < -0.4 is 10.1 Å². The van der Waals surface area contributed by atoms with Gasteiger partial charge in [0.25, 0.3) is 0 Å². The van der Waals surface area contributed by atoms with Crippen LogP contribution in [0.1, 0.15) is 40.5 Å². The Labute approximate surface area is 125 Å². The second-order valence-corrected chi connectivity index (χ2v) is 6.06. The van der Waals surface area contributed by atoms with Crippen molar-refractivity contribution in [1.82, 2.24) is 10.3 Å². The van der Waals surface area contributed by atoms with Gasteiger partial charge in [-0.3, -0.25) is 0 Å². The van der Waals surface area contributed by atoms with Crippen LogP contribution in [-0.2, 0) is 0 Å². The van der Waals surface area contributed by atoms with Gasteiger partial charge in [0.05, 0.1) is 23.4 Å². The van der Waals surface area contributed by atoms with Crippen molar-refractivity contribution in [2.24, 2.45) is 0 Å². The summed E-state index contributed by atoms with van der Waals surface area (Å²) < 4.78 is 5.63. The van der Waals surface area contributed by atoms with Crippen LogP contribution in [0.4, 0.5) is 0 Å². The fourth-order valence-corrected chi connectivity index (χ4v) is 3.31. The average Bonchev–Trinajstić information content (AvgIpc) is 2.78.